The highest BCUT2D eigenvalue weighted by molar-refractivity contribution is 14.1. The molecule has 16 heavy (non-hydrogen) atoms. The van der Waals surface area contributed by atoms with Gasteiger partial charge in [0.1, 0.15) is 12.1 Å². The minimum absolute atomic E-state index is 0.553. The van der Waals surface area contributed by atoms with Gasteiger partial charge in [0, 0.05) is 24.1 Å². The van der Waals surface area contributed by atoms with Gasteiger partial charge in [0.05, 0.1) is 3.57 Å². The predicted octanol–water partition coefficient (Wildman–Crippen LogP) is 3.22. The lowest BCUT2D eigenvalue weighted by Crippen LogP contribution is -2.41. The van der Waals surface area contributed by atoms with Crippen LogP contribution >= 0.6 is 38.5 Å². The molecule has 0 amide bonds. The van der Waals surface area contributed by atoms with Crippen LogP contribution in [0.2, 0.25) is 0 Å². The minimum Gasteiger partial charge on any atom is -0.355 e. The summed E-state index contributed by atoms with van der Waals surface area (Å²) in [6, 6.07) is 0.553. The molecule has 0 bridgehead atoms. The van der Waals surface area contributed by atoms with Gasteiger partial charge in [-0.15, -0.1) is 0 Å². The summed E-state index contributed by atoms with van der Waals surface area (Å²) in [5.41, 5.74) is 0. The zero-order valence-electron chi connectivity index (χ0n) is 9.24. The fourth-order valence-electron chi connectivity index (χ4n) is 2.23. The van der Waals surface area contributed by atoms with Crippen molar-refractivity contribution in [3.8, 4) is 0 Å². The minimum atomic E-state index is 0.553. The third-order valence-corrected chi connectivity index (χ3v) is 4.96. The lowest BCUT2D eigenvalue weighted by molar-refractivity contribution is 0.442. The Morgan fingerprint density at radius 3 is 2.88 bits per heavy atom. The predicted molar refractivity (Wildman–Crippen MR) is 78.1 cm³/mol. The first-order valence-corrected chi connectivity index (χ1v) is 7.52. The van der Waals surface area contributed by atoms with E-state index in [0.29, 0.717) is 10.9 Å². The van der Waals surface area contributed by atoms with E-state index in [0.717, 1.165) is 9.39 Å². The first-order valence-electron chi connectivity index (χ1n) is 5.52. The highest BCUT2D eigenvalue weighted by atomic mass is 127. The molecule has 88 valence electrons. The molecule has 2 atom stereocenters. The zero-order chi connectivity index (χ0) is 11.5. The van der Waals surface area contributed by atoms with Gasteiger partial charge in [-0.25, -0.2) is 9.97 Å². The van der Waals surface area contributed by atoms with Crippen LogP contribution in [0, 0.1) is 3.57 Å². The SMILES string of the molecule is CN(c1ncncc1I)C1CCCCC1Br. The van der Waals surface area contributed by atoms with Crippen molar-refractivity contribution in [2.45, 2.75) is 36.6 Å². The second-order valence-electron chi connectivity index (χ2n) is 4.17. The van der Waals surface area contributed by atoms with Crippen molar-refractivity contribution in [1.82, 2.24) is 9.97 Å². The maximum atomic E-state index is 4.37. The van der Waals surface area contributed by atoms with Crippen LogP contribution in [0.25, 0.3) is 0 Å². The fraction of sp³-hybridized carbons (Fsp3) is 0.636. The van der Waals surface area contributed by atoms with Crippen LogP contribution in [0.1, 0.15) is 25.7 Å². The van der Waals surface area contributed by atoms with Gasteiger partial charge < -0.3 is 4.90 Å². The van der Waals surface area contributed by atoms with Gasteiger partial charge in [-0.1, -0.05) is 28.8 Å². The van der Waals surface area contributed by atoms with Crippen molar-refractivity contribution in [2.75, 3.05) is 11.9 Å². The number of hydrogen-bond donors (Lipinski definition) is 0. The quantitative estimate of drug-likeness (QED) is 0.568. The molecule has 3 nitrogen and oxygen atoms in total. The molecule has 1 aliphatic carbocycles. The van der Waals surface area contributed by atoms with E-state index in [9.17, 15) is 0 Å². The fourth-order valence-corrected chi connectivity index (χ4v) is 3.85. The summed E-state index contributed by atoms with van der Waals surface area (Å²) in [6.45, 7) is 0. The monoisotopic (exact) mass is 395 g/mol. The average molecular weight is 396 g/mol. The van der Waals surface area contributed by atoms with Crippen molar-refractivity contribution in [2.24, 2.45) is 0 Å². The van der Waals surface area contributed by atoms with Gasteiger partial charge in [-0.05, 0) is 35.4 Å². The maximum absolute atomic E-state index is 4.37. The van der Waals surface area contributed by atoms with Gasteiger partial charge in [-0.3, -0.25) is 0 Å². The molecule has 0 saturated heterocycles. The van der Waals surface area contributed by atoms with E-state index in [4.69, 9.17) is 0 Å². The molecule has 1 aromatic heterocycles. The summed E-state index contributed by atoms with van der Waals surface area (Å²) in [6.07, 6.45) is 8.65. The Bertz CT molecular complexity index is 361. The van der Waals surface area contributed by atoms with Crippen LogP contribution < -0.4 is 4.90 Å². The standard InChI is InChI=1S/C11H15BrIN3/c1-16(10-5-3-2-4-8(10)12)11-9(13)6-14-7-15-11/h6-8,10H,2-5H2,1H3. The van der Waals surface area contributed by atoms with Crippen molar-refractivity contribution in [3.63, 3.8) is 0 Å². The van der Waals surface area contributed by atoms with Gasteiger partial charge in [0.25, 0.3) is 0 Å². The Labute approximate surface area is 118 Å². The molecule has 1 aliphatic rings. The molecule has 2 rings (SSSR count). The van der Waals surface area contributed by atoms with E-state index in [1.54, 1.807) is 6.33 Å². The molecule has 5 heteroatoms. The highest BCUT2D eigenvalue weighted by Gasteiger charge is 2.27. The average Bonchev–Trinajstić information content (AvgIpc) is 2.29. The van der Waals surface area contributed by atoms with Crippen molar-refractivity contribution < 1.29 is 0 Å². The van der Waals surface area contributed by atoms with E-state index in [-0.39, 0.29) is 0 Å². The number of aromatic nitrogens is 2. The molecule has 2 unspecified atom stereocenters. The molecule has 1 heterocycles. The van der Waals surface area contributed by atoms with Crippen LogP contribution in [-0.4, -0.2) is 27.9 Å². The number of hydrogen-bond acceptors (Lipinski definition) is 3. The van der Waals surface area contributed by atoms with Gasteiger partial charge in [-0.2, -0.15) is 0 Å². The number of nitrogens with zero attached hydrogens (tertiary/aromatic N) is 3. The summed E-state index contributed by atoms with van der Waals surface area (Å²) >= 11 is 6.09. The summed E-state index contributed by atoms with van der Waals surface area (Å²) in [4.78, 5) is 11.3. The van der Waals surface area contributed by atoms with E-state index >= 15 is 0 Å². The van der Waals surface area contributed by atoms with Crippen LogP contribution in [-0.2, 0) is 0 Å². The Balaban J connectivity index is 2.17. The Morgan fingerprint density at radius 2 is 2.19 bits per heavy atom. The van der Waals surface area contributed by atoms with Crippen LogP contribution in [0.3, 0.4) is 0 Å². The van der Waals surface area contributed by atoms with E-state index in [2.05, 4.69) is 60.4 Å². The van der Waals surface area contributed by atoms with Crippen molar-refractivity contribution in [1.29, 1.82) is 0 Å². The van der Waals surface area contributed by atoms with Gasteiger partial charge >= 0.3 is 0 Å². The molecule has 0 aliphatic heterocycles. The summed E-state index contributed by atoms with van der Waals surface area (Å²) in [5, 5.41) is 0. The molecular weight excluding hydrogens is 381 g/mol. The maximum Gasteiger partial charge on any atom is 0.145 e. The first-order chi connectivity index (χ1) is 7.70. The molecule has 1 aromatic rings. The van der Waals surface area contributed by atoms with Gasteiger partial charge in [0.2, 0.25) is 0 Å². The Hall–Kier alpha value is 0.0900. The number of anilines is 1. The first kappa shape index (κ1) is 12.5. The lowest BCUT2D eigenvalue weighted by atomic mass is 9.94. The normalized spacial score (nSPS) is 25.4. The van der Waals surface area contributed by atoms with Crippen molar-refractivity contribution in [3.05, 3.63) is 16.1 Å². The molecule has 0 radical (unpaired) electrons. The van der Waals surface area contributed by atoms with Crippen LogP contribution in [0.4, 0.5) is 5.82 Å². The molecule has 1 saturated carbocycles. The summed E-state index contributed by atoms with van der Waals surface area (Å²) in [7, 11) is 2.13. The smallest absolute Gasteiger partial charge is 0.145 e. The molecule has 0 spiro atoms. The Kier molecular flexibility index (Phi) is 4.41. The molecule has 0 N–H and O–H groups in total. The molecular formula is C11H15BrIN3. The summed E-state index contributed by atoms with van der Waals surface area (Å²) in [5.74, 6) is 1.05. The van der Waals surface area contributed by atoms with Crippen LogP contribution in [0.15, 0.2) is 12.5 Å². The Morgan fingerprint density at radius 1 is 1.44 bits per heavy atom. The molecule has 0 aromatic carbocycles. The third-order valence-electron chi connectivity index (χ3n) is 3.13. The number of rotatable bonds is 2. The number of halogens is 2. The van der Waals surface area contributed by atoms with E-state index in [1.165, 1.54) is 25.7 Å². The van der Waals surface area contributed by atoms with E-state index < -0.39 is 0 Å². The second kappa shape index (κ2) is 5.62. The topological polar surface area (TPSA) is 29.0 Å². The third kappa shape index (κ3) is 2.67. The zero-order valence-corrected chi connectivity index (χ0v) is 13.0. The number of alkyl halides is 1. The van der Waals surface area contributed by atoms with Gasteiger partial charge in [0.15, 0.2) is 0 Å². The molecule has 1 fully saturated rings. The highest BCUT2D eigenvalue weighted by Crippen LogP contribution is 2.31. The summed E-state index contributed by atoms with van der Waals surface area (Å²) < 4.78 is 1.12. The van der Waals surface area contributed by atoms with E-state index in [1.807, 2.05) is 6.20 Å². The van der Waals surface area contributed by atoms with Crippen LogP contribution in [0.5, 0.6) is 0 Å². The second-order valence-corrected chi connectivity index (χ2v) is 6.51. The lowest BCUT2D eigenvalue weighted by Gasteiger charge is -2.36. The van der Waals surface area contributed by atoms with Crippen molar-refractivity contribution >= 4 is 44.3 Å². The largest absolute Gasteiger partial charge is 0.355 e.